The van der Waals surface area contributed by atoms with Crippen LogP contribution in [0.4, 0.5) is 0 Å². The van der Waals surface area contributed by atoms with Gasteiger partial charge in [0.2, 0.25) is 0 Å². The highest BCUT2D eigenvalue weighted by Crippen LogP contribution is 2.15. The van der Waals surface area contributed by atoms with Crippen LogP contribution in [0.1, 0.15) is 30.1 Å². The van der Waals surface area contributed by atoms with Gasteiger partial charge in [0.1, 0.15) is 5.75 Å². The monoisotopic (exact) mass is 361 g/mol. The van der Waals surface area contributed by atoms with Gasteiger partial charge < -0.3 is 20.7 Å². The molecule has 1 amide bonds. The predicted octanol–water partition coefficient (Wildman–Crippen LogP) is 1.07. The highest BCUT2D eigenvalue weighted by Gasteiger charge is 2.22. The van der Waals surface area contributed by atoms with Crippen LogP contribution in [0.5, 0.6) is 5.75 Å². The third-order valence-electron chi connectivity index (χ3n) is 4.67. The molecule has 1 aliphatic rings. The Morgan fingerprint density at radius 2 is 2.12 bits per heavy atom. The summed E-state index contributed by atoms with van der Waals surface area (Å²) in [7, 11) is 3.35. The van der Waals surface area contributed by atoms with E-state index in [1.165, 1.54) is 19.4 Å². The van der Waals surface area contributed by atoms with E-state index in [0.29, 0.717) is 30.4 Å². The number of carbonyl (C=O) groups excluding carboxylic acids is 1. The van der Waals surface area contributed by atoms with Crippen molar-refractivity contribution in [3.05, 3.63) is 29.8 Å². The predicted molar refractivity (Wildman–Crippen MR) is 105 cm³/mol. The summed E-state index contributed by atoms with van der Waals surface area (Å²) in [4.78, 5) is 18.9. The van der Waals surface area contributed by atoms with Gasteiger partial charge >= 0.3 is 0 Å². The molecule has 0 aliphatic carbocycles. The number of likely N-dealkylation sites (N-methyl/N-ethyl adjacent to an activating group) is 1. The standard InChI is InChI=1S/C19H31N5O2/c1-4-24-12-6-8-16(24)14-23-19(20-2)22-11-10-21-18(25)15-7-5-9-17(13-15)26-3/h5,7,9,13,16H,4,6,8,10-12,14H2,1-3H3,(H,21,25)(H2,20,22,23). The number of amides is 1. The van der Waals surface area contributed by atoms with Crippen molar-refractivity contribution >= 4 is 11.9 Å². The third-order valence-corrected chi connectivity index (χ3v) is 4.67. The Morgan fingerprint density at radius 3 is 2.85 bits per heavy atom. The quantitative estimate of drug-likeness (QED) is 0.367. The molecule has 0 bridgehead atoms. The van der Waals surface area contributed by atoms with Crippen molar-refractivity contribution in [2.45, 2.75) is 25.8 Å². The van der Waals surface area contributed by atoms with Crippen LogP contribution < -0.4 is 20.7 Å². The number of ether oxygens (including phenoxy) is 1. The minimum Gasteiger partial charge on any atom is -0.497 e. The molecule has 1 unspecified atom stereocenters. The van der Waals surface area contributed by atoms with Crippen molar-refractivity contribution in [2.24, 2.45) is 4.99 Å². The number of hydrogen-bond acceptors (Lipinski definition) is 4. The second-order valence-corrected chi connectivity index (χ2v) is 6.29. The van der Waals surface area contributed by atoms with Crippen LogP contribution in [-0.4, -0.2) is 69.7 Å². The van der Waals surface area contributed by atoms with Gasteiger partial charge in [0, 0.05) is 38.3 Å². The summed E-state index contributed by atoms with van der Waals surface area (Å²) in [6.07, 6.45) is 2.50. The normalized spacial score (nSPS) is 17.8. The van der Waals surface area contributed by atoms with Crippen molar-refractivity contribution in [3.8, 4) is 5.75 Å². The molecule has 3 N–H and O–H groups in total. The largest absolute Gasteiger partial charge is 0.497 e. The van der Waals surface area contributed by atoms with E-state index in [1.807, 2.05) is 6.07 Å². The second kappa shape index (κ2) is 10.7. The van der Waals surface area contributed by atoms with Gasteiger partial charge in [-0.25, -0.2) is 0 Å². The zero-order valence-electron chi connectivity index (χ0n) is 16.0. The fourth-order valence-electron chi connectivity index (χ4n) is 3.20. The van der Waals surface area contributed by atoms with Gasteiger partial charge in [0.25, 0.3) is 5.91 Å². The fourth-order valence-corrected chi connectivity index (χ4v) is 3.20. The van der Waals surface area contributed by atoms with Crippen molar-refractivity contribution < 1.29 is 9.53 Å². The zero-order chi connectivity index (χ0) is 18.8. The summed E-state index contributed by atoms with van der Waals surface area (Å²) in [5, 5.41) is 9.51. The Hall–Kier alpha value is -2.28. The first-order valence-corrected chi connectivity index (χ1v) is 9.28. The first-order chi connectivity index (χ1) is 12.7. The number of guanidine groups is 1. The molecule has 1 saturated heterocycles. The van der Waals surface area contributed by atoms with E-state index < -0.39 is 0 Å². The Bertz CT molecular complexity index is 605. The van der Waals surface area contributed by atoms with E-state index in [-0.39, 0.29) is 5.91 Å². The van der Waals surface area contributed by atoms with Crippen LogP contribution in [0, 0.1) is 0 Å². The smallest absolute Gasteiger partial charge is 0.251 e. The van der Waals surface area contributed by atoms with E-state index in [1.54, 1.807) is 32.4 Å². The number of benzene rings is 1. The van der Waals surface area contributed by atoms with Gasteiger partial charge in [-0.1, -0.05) is 13.0 Å². The Kier molecular flexibility index (Phi) is 8.21. The van der Waals surface area contributed by atoms with Crippen molar-refractivity contribution in [2.75, 3.05) is 46.9 Å². The molecule has 1 aromatic rings. The van der Waals surface area contributed by atoms with Crippen molar-refractivity contribution in [3.63, 3.8) is 0 Å². The van der Waals surface area contributed by atoms with Gasteiger partial charge in [-0.05, 0) is 44.1 Å². The molecule has 1 heterocycles. The summed E-state index contributed by atoms with van der Waals surface area (Å²) in [6, 6.07) is 7.70. The first-order valence-electron chi connectivity index (χ1n) is 9.28. The van der Waals surface area contributed by atoms with Crippen molar-refractivity contribution in [1.82, 2.24) is 20.9 Å². The second-order valence-electron chi connectivity index (χ2n) is 6.29. The van der Waals surface area contributed by atoms with E-state index in [2.05, 4.69) is 32.8 Å². The average molecular weight is 361 g/mol. The number of methoxy groups -OCH3 is 1. The molecule has 26 heavy (non-hydrogen) atoms. The molecule has 7 heteroatoms. The molecule has 1 aromatic carbocycles. The van der Waals surface area contributed by atoms with Crippen LogP contribution >= 0.6 is 0 Å². The SMILES string of the molecule is CCN1CCCC1CNC(=NC)NCCNC(=O)c1cccc(OC)c1. The number of aliphatic imine (C=N–C) groups is 1. The molecule has 0 radical (unpaired) electrons. The number of carbonyl (C=O) groups is 1. The van der Waals surface area contributed by atoms with E-state index in [9.17, 15) is 4.79 Å². The summed E-state index contributed by atoms with van der Waals surface area (Å²) >= 11 is 0. The highest BCUT2D eigenvalue weighted by atomic mass is 16.5. The molecule has 2 rings (SSSR count). The lowest BCUT2D eigenvalue weighted by Gasteiger charge is -2.24. The lowest BCUT2D eigenvalue weighted by molar-refractivity contribution is 0.0954. The number of rotatable bonds is 8. The first kappa shape index (κ1) is 20.0. The van der Waals surface area contributed by atoms with Crippen LogP contribution in [0.25, 0.3) is 0 Å². The van der Waals surface area contributed by atoms with Gasteiger partial charge in [-0.3, -0.25) is 14.7 Å². The van der Waals surface area contributed by atoms with Gasteiger partial charge in [-0.15, -0.1) is 0 Å². The third kappa shape index (κ3) is 5.91. The molecular weight excluding hydrogens is 330 g/mol. The molecular formula is C19H31N5O2. The zero-order valence-corrected chi connectivity index (χ0v) is 16.0. The minimum absolute atomic E-state index is 0.113. The lowest BCUT2D eigenvalue weighted by Crippen LogP contribution is -2.46. The Balaban J connectivity index is 1.68. The van der Waals surface area contributed by atoms with Gasteiger partial charge in [0.15, 0.2) is 5.96 Å². The molecule has 1 aliphatic heterocycles. The minimum atomic E-state index is -0.113. The number of nitrogens with zero attached hydrogens (tertiary/aromatic N) is 2. The maximum atomic E-state index is 12.2. The topological polar surface area (TPSA) is 78.0 Å². The molecule has 0 spiro atoms. The van der Waals surface area contributed by atoms with Crippen LogP contribution in [-0.2, 0) is 0 Å². The van der Waals surface area contributed by atoms with Gasteiger partial charge in [0.05, 0.1) is 7.11 Å². The maximum Gasteiger partial charge on any atom is 0.251 e. The fraction of sp³-hybridized carbons (Fsp3) is 0.579. The van der Waals surface area contributed by atoms with E-state index in [4.69, 9.17) is 4.74 Å². The van der Waals surface area contributed by atoms with Gasteiger partial charge in [-0.2, -0.15) is 0 Å². The Morgan fingerprint density at radius 1 is 1.31 bits per heavy atom. The molecule has 0 aromatic heterocycles. The maximum absolute atomic E-state index is 12.2. The van der Waals surface area contributed by atoms with Crippen LogP contribution in [0.15, 0.2) is 29.3 Å². The molecule has 0 saturated carbocycles. The lowest BCUT2D eigenvalue weighted by atomic mass is 10.2. The van der Waals surface area contributed by atoms with Crippen molar-refractivity contribution in [1.29, 1.82) is 0 Å². The molecule has 1 atom stereocenters. The van der Waals surface area contributed by atoms with E-state index in [0.717, 1.165) is 19.0 Å². The number of hydrogen-bond donors (Lipinski definition) is 3. The number of likely N-dealkylation sites (tertiary alicyclic amines) is 1. The molecule has 1 fully saturated rings. The summed E-state index contributed by atoms with van der Waals surface area (Å²) < 4.78 is 5.14. The number of nitrogens with one attached hydrogen (secondary N) is 3. The molecule has 7 nitrogen and oxygen atoms in total. The van der Waals surface area contributed by atoms with Crippen LogP contribution in [0.2, 0.25) is 0 Å². The van der Waals surface area contributed by atoms with E-state index >= 15 is 0 Å². The highest BCUT2D eigenvalue weighted by molar-refractivity contribution is 5.94. The van der Waals surface area contributed by atoms with Crippen LogP contribution in [0.3, 0.4) is 0 Å². The molecule has 144 valence electrons. The summed E-state index contributed by atoms with van der Waals surface area (Å²) in [5.74, 6) is 1.33. The summed E-state index contributed by atoms with van der Waals surface area (Å²) in [6.45, 7) is 6.50. The summed E-state index contributed by atoms with van der Waals surface area (Å²) in [5.41, 5.74) is 0.591. The Labute approximate surface area is 156 Å². The average Bonchev–Trinajstić information content (AvgIpc) is 3.14.